The van der Waals surface area contributed by atoms with Gasteiger partial charge >= 0.3 is 7.25 Å². The summed E-state index contributed by atoms with van der Waals surface area (Å²) < 4.78 is 40.3. The van der Waals surface area contributed by atoms with E-state index in [0.717, 1.165) is 5.92 Å². The molecule has 0 heterocycles. The third-order valence-electron chi connectivity index (χ3n) is 2.76. The first kappa shape index (κ1) is 18.1. The van der Waals surface area contributed by atoms with E-state index in [2.05, 4.69) is 34.6 Å². The van der Waals surface area contributed by atoms with Crippen molar-refractivity contribution in [3.63, 3.8) is 0 Å². The van der Waals surface area contributed by atoms with Gasteiger partial charge in [0.2, 0.25) is 0 Å². The molecule has 1 nitrogen and oxygen atoms in total. The zero-order chi connectivity index (χ0) is 13.4. The molecule has 0 N–H and O–H groups in total. The van der Waals surface area contributed by atoms with Crippen LogP contribution in [0, 0.1) is 5.92 Å². The number of hydrogen-bond donors (Lipinski definition) is 0. The molecule has 0 radical (unpaired) electrons. The van der Waals surface area contributed by atoms with Crippen LogP contribution in [0.25, 0.3) is 0 Å². The van der Waals surface area contributed by atoms with Crippen molar-refractivity contribution in [1.29, 1.82) is 0 Å². The van der Waals surface area contributed by atoms with Gasteiger partial charge in [0.25, 0.3) is 0 Å². The normalized spacial score (nSPS) is 12.4. The molecule has 0 atom stereocenters. The highest BCUT2D eigenvalue weighted by Crippen LogP contribution is 2.10. The van der Waals surface area contributed by atoms with Crippen molar-refractivity contribution >= 4 is 7.25 Å². The smallest absolute Gasteiger partial charge is 0.418 e. The van der Waals surface area contributed by atoms with Crippen LogP contribution in [0.15, 0.2) is 0 Å². The van der Waals surface area contributed by atoms with E-state index in [-0.39, 0.29) is 0 Å². The first-order chi connectivity index (χ1) is 7.10. The third kappa shape index (κ3) is 11.8. The van der Waals surface area contributed by atoms with E-state index in [1.807, 2.05) is 0 Å². The fraction of sp³-hybridized carbons (Fsp3) is 1.00. The summed E-state index contributed by atoms with van der Waals surface area (Å²) in [7, 11) is -6.00. The maximum absolute atomic E-state index is 9.75. The molecule has 0 fully saturated rings. The average Bonchev–Trinajstić information content (AvgIpc) is 2.11. The fourth-order valence-electron chi connectivity index (χ4n) is 1.83. The van der Waals surface area contributed by atoms with Crippen LogP contribution in [0.4, 0.5) is 17.3 Å². The number of halogens is 4. The highest BCUT2D eigenvalue weighted by Gasteiger charge is 2.21. The summed E-state index contributed by atoms with van der Waals surface area (Å²) in [5.74, 6) is 0.829. The lowest BCUT2D eigenvalue weighted by atomic mass is 10.1. The molecule has 0 amide bonds. The van der Waals surface area contributed by atoms with Crippen LogP contribution in [-0.4, -0.2) is 37.9 Å². The van der Waals surface area contributed by atoms with Crippen LogP contribution >= 0.6 is 0 Å². The lowest BCUT2D eigenvalue weighted by Gasteiger charge is -2.37. The highest BCUT2D eigenvalue weighted by atomic mass is 19.5. The van der Waals surface area contributed by atoms with Gasteiger partial charge in [-0.05, 0) is 20.8 Å². The van der Waals surface area contributed by atoms with E-state index in [0.29, 0.717) is 0 Å². The summed E-state index contributed by atoms with van der Waals surface area (Å²) in [6, 6.07) is 0. The first-order valence-electron chi connectivity index (χ1n) is 5.82. The summed E-state index contributed by atoms with van der Waals surface area (Å²) in [4.78, 5) is 0. The Kier molecular flexibility index (Phi) is 8.98. The largest absolute Gasteiger partial charge is 0.673 e. The van der Waals surface area contributed by atoms with Crippen LogP contribution in [0.3, 0.4) is 0 Å². The molecule has 0 rings (SSSR count). The van der Waals surface area contributed by atoms with Crippen molar-refractivity contribution in [2.45, 2.75) is 34.6 Å². The van der Waals surface area contributed by atoms with Gasteiger partial charge in [-0.3, -0.25) is 0 Å². The van der Waals surface area contributed by atoms with Gasteiger partial charge in [-0.15, -0.1) is 0 Å². The van der Waals surface area contributed by atoms with Crippen molar-refractivity contribution in [1.82, 2.24) is 0 Å². The van der Waals surface area contributed by atoms with Crippen molar-refractivity contribution in [2.75, 3.05) is 26.2 Å². The monoisotopic (exact) mass is 245 g/mol. The predicted molar refractivity (Wildman–Crippen MR) is 61.8 cm³/mol. The molecule has 0 unspecified atom stereocenters. The van der Waals surface area contributed by atoms with E-state index < -0.39 is 7.25 Å². The quantitative estimate of drug-likeness (QED) is 0.392. The number of nitrogens with zero attached hydrogens (tertiary/aromatic N) is 1. The number of hydrogen-bond acceptors (Lipinski definition) is 0. The molecule has 100 valence electrons. The summed E-state index contributed by atoms with van der Waals surface area (Å²) in [6.07, 6.45) is 0. The van der Waals surface area contributed by atoms with Gasteiger partial charge in [0, 0.05) is 5.92 Å². The second kappa shape index (κ2) is 7.93. The maximum atomic E-state index is 9.75. The molecule has 16 heavy (non-hydrogen) atoms. The SMILES string of the molecule is CC[N+](CC)(CC)CC(C)C.F[B-](F)(F)F. The molecule has 0 saturated carbocycles. The molecule has 0 aliphatic carbocycles. The lowest BCUT2D eigenvalue weighted by molar-refractivity contribution is -0.926. The summed E-state index contributed by atoms with van der Waals surface area (Å²) in [5, 5.41) is 0. The van der Waals surface area contributed by atoms with Gasteiger partial charge in [0.15, 0.2) is 0 Å². The first-order valence-corrected chi connectivity index (χ1v) is 5.82. The number of rotatable bonds is 5. The molecule has 0 aromatic rings. The summed E-state index contributed by atoms with van der Waals surface area (Å²) in [6.45, 7) is 16.7. The van der Waals surface area contributed by atoms with E-state index in [4.69, 9.17) is 0 Å². The molecule has 0 aliphatic rings. The number of quaternary nitrogens is 1. The molecule has 0 aromatic heterocycles. The standard InChI is InChI=1S/C10H24N.BF4/c1-6-11(7-2,8-3)9-10(4)5;2-1(3,4)5/h10H,6-9H2,1-5H3;/q+1;-1. The molecule has 6 heteroatoms. The Morgan fingerprint density at radius 1 is 0.875 bits per heavy atom. The molecule has 0 saturated heterocycles. The Morgan fingerprint density at radius 2 is 1.12 bits per heavy atom. The molecule has 0 aromatic carbocycles. The van der Waals surface area contributed by atoms with Crippen LogP contribution in [0.1, 0.15) is 34.6 Å². The van der Waals surface area contributed by atoms with Gasteiger partial charge < -0.3 is 21.7 Å². The van der Waals surface area contributed by atoms with Gasteiger partial charge in [-0.2, -0.15) is 0 Å². The van der Waals surface area contributed by atoms with E-state index in [1.54, 1.807) is 0 Å². The lowest BCUT2D eigenvalue weighted by Crippen LogP contribution is -2.49. The Balaban J connectivity index is 0. The van der Waals surface area contributed by atoms with Crippen molar-refractivity contribution in [2.24, 2.45) is 5.92 Å². The van der Waals surface area contributed by atoms with E-state index in [9.17, 15) is 17.3 Å². The van der Waals surface area contributed by atoms with Crippen LogP contribution < -0.4 is 0 Å². The van der Waals surface area contributed by atoms with Gasteiger partial charge in [0.05, 0.1) is 26.2 Å². The minimum atomic E-state index is -6.00. The second-order valence-corrected chi connectivity index (χ2v) is 4.36. The minimum absolute atomic E-state index is 0.829. The third-order valence-corrected chi connectivity index (χ3v) is 2.76. The molecule has 0 bridgehead atoms. The molecule has 0 aliphatic heterocycles. The molecular weight excluding hydrogens is 221 g/mol. The zero-order valence-corrected chi connectivity index (χ0v) is 10.9. The van der Waals surface area contributed by atoms with Crippen molar-refractivity contribution in [3.05, 3.63) is 0 Å². The van der Waals surface area contributed by atoms with Crippen LogP contribution in [0.2, 0.25) is 0 Å². The Bertz CT molecular complexity index is 152. The van der Waals surface area contributed by atoms with Crippen LogP contribution in [-0.2, 0) is 0 Å². The highest BCUT2D eigenvalue weighted by molar-refractivity contribution is 6.50. The van der Waals surface area contributed by atoms with Gasteiger partial charge in [-0.1, -0.05) is 13.8 Å². The Morgan fingerprint density at radius 3 is 1.19 bits per heavy atom. The molecule has 0 spiro atoms. The van der Waals surface area contributed by atoms with Gasteiger partial charge in [0.1, 0.15) is 0 Å². The minimum Gasteiger partial charge on any atom is -0.418 e. The van der Waals surface area contributed by atoms with Crippen molar-refractivity contribution in [3.8, 4) is 0 Å². The van der Waals surface area contributed by atoms with Crippen LogP contribution in [0.5, 0.6) is 0 Å². The predicted octanol–water partition coefficient (Wildman–Crippen LogP) is 3.82. The zero-order valence-electron chi connectivity index (χ0n) is 10.9. The van der Waals surface area contributed by atoms with E-state index in [1.165, 1.54) is 30.7 Å². The summed E-state index contributed by atoms with van der Waals surface area (Å²) >= 11 is 0. The second-order valence-electron chi connectivity index (χ2n) is 4.36. The topological polar surface area (TPSA) is 0 Å². The summed E-state index contributed by atoms with van der Waals surface area (Å²) in [5.41, 5.74) is 0. The Hall–Kier alpha value is -0.255. The van der Waals surface area contributed by atoms with E-state index >= 15 is 0 Å². The fourth-order valence-corrected chi connectivity index (χ4v) is 1.83. The Labute approximate surface area is 96.5 Å². The van der Waals surface area contributed by atoms with Crippen molar-refractivity contribution < 1.29 is 21.7 Å². The maximum Gasteiger partial charge on any atom is 0.673 e. The average molecular weight is 245 g/mol. The van der Waals surface area contributed by atoms with Gasteiger partial charge in [-0.25, -0.2) is 0 Å². The molecular formula is C10H24BF4N.